The molecule has 0 aliphatic carbocycles. The minimum atomic E-state index is -4.79. The van der Waals surface area contributed by atoms with Crippen LogP contribution in [0.5, 0.6) is 0 Å². The number of amides is 3. The zero-order chi connectivity index (χ0) is 38.0. The molecule has 0 bridgehead atoms. The number of aryl methyl sites for hydroxylation is 2. The van der Waals surface area contributed by atoms with Crippen molar-refractivity contribution in [2.45, 2.75) is 65.3 Å². The van der Waals surface area contributed by atoms with Crippen LogP contribution in [0.2, 0.25) is 0 Å². The van der Waals surface area contributed by atoms with E-state index in [9.17, 15) is 32.3 Å². The maximum atomic E-state index is 16.8. The number of carbonyl (C=O) groups is 4. The predicted molar refractivity (Wildman–Crippen MR) is 184 cm³/mol. The number of anilines is 1. The van der Waals surface area contributed by atoms with E-state index < -0.39 is 73.2 Å². The highest BCUT2D eigenvalue weighted by Crippen LogP contribution is 2.35. The van der Waals surface area contributed by atoms with Crippen molar-refractivity contribution in [2.75, 3.05) is 25.0 Å². The van der Waals surface area contributed by atoms with Gasteiger partial charge in [-0.3, -0.25) is 23.9 Å². The number of hydrogen-bond acceptors (Lipinski definition) is 8. The lowest BCUT2D eigenvalue weighted by molar-refractivity contribution is -0.141. The Morgan fingerprint density at radius 1 is 1.10 bits per heavy atom. The molecule has 1 aliphatic rings. The highest BCUT2D eigenvalue weighted by Gasteiger charge is 2.52. The molecule has 52 heavy (non-hydrogen) atoms. The van der Waals surface area contributed by atoms with Gasteiger partial charge in [-0.25, -0.2) is 19.3 Å². The van der Waals surface area contributed by atoms with Crippen LogP contribution >= 0.6 is 0 Å². The third-order valence-corrected chi connectivity index (χ3v) is 8.86. The average molecular weight is 723 g/mol. The van der Waals surface area contributed by atoms with Gasteiger partial charge in [-0.1, -0.05) is 19.1 Å². The van der Waals surface area contributed by atoms with Crippen LogP contribution in [0.25, 0.3) is 22.0 Å². The van der Waals surface area contributed by atoms with Crippen LogP contribution in [-0.2, 0) is 33.5 Å². The van der Waals surface area contributed by atoms with Gasteiger partial charge < -0.3 is 15.5 Å². The van der Waals surface area contributed by atoms with Crippen LogP contribution in [0, 0.1) is 19.8 Å². The Bertz CT molecular complexity index is 2050. The molecule has 1 aliphatic heterocycles. The highest BCUT2D eigenvalue weighted by molar-refractivity contribution is 6.07. The van der Waals surface area contributed by atoms with Crippen LogP contribution in [0.15, 0.2) is 49.3 Å². The number of benzene rings is 1. The van der Waals surface area contributed by atoms with Crippen LogP contribution in [0.3, 0.4) is 0 Å². The fraction of sp³-hybridized carbons (Fsp3) is 0.389. The number of fused-ring (bicyclic) bond motifs is 1. The van der Waals surface area contributed by atoms with Crippen molar-refractivity contribution in [3.63, 3.8) is 0 Å². The molecule has 3 aromatic heterocycles. The number of nitrogens with one attached hydrogen (secondary N) is 2. The largest absolute Gasteiger partial charge is 0.433 e. The second-order valence-corrected chi connectivity index (χ2v) is 12.8. The summed E-state index contributed by atoms with van der Waals surface area (Å²) in [6, 6.07) is 5.51. The van der Waals surface area contributed by atoms with Gasteiger partial charge in [0.1, 0.15) is 29.6 Å². The summed E-state index contributed by atoms with van der Waals surface area (Å²) in [5, 5.41) is 9.74. The van der Waals surface area contributed by atoms with Gasteiger partial charge in [0, 0.05) is 43.2 Å². The molecule has 2 N–H and O–H groups in total. The van der Waals surface area contributed by atoms with Gasteiger partial charge in [-0.15, -0.1) is 6.58 Å². The SMILES string of the molecule is C=CCc1cc(-c2cnc(C)nc2)cc2c(C(C)=O)nn(CC(=O)N3C[C@H](C(=O)Nc4nc(C(F)(F)F)ccc4C)[C@](F)(CNC(=O)CCC)C3)c12. The summed E-state index contributed by atoms with van der Waals surface area (Å²) < 4.78 is 58.4. The molecular weight excluding hydrogens is 684 g/mol. The van der Waals surface area contributed by atoms with Crippen molar-refractivity contribution in [1.82, 2.24) is 34.9 Å². The molecule has 2 atom stereocenters. The van der Waals surface area contributed by atoms with Crippen LogP contribution < -0.4 is 10.6 Å². The maximum absolute atomic E-state index is 16.8. The van der Waals surface area contributed by atoms with Gasteiger partial charge in [-0.05, 0) is 61.6 Å². The Morgan fingerprint density at radius 3 is 2.44 bits per heavy atom. The van der Waals surface area contributed by atoms with Gasteiger partial charge in [0.25, 0.3) is 0 Å². The molecule has 0 unspecified atom stereocenters. The summed E-state index contributed by atoms with van der Waals surface area (Å²) in [4.78, 5) is 65.7. The molecule has 0 radical (unpaired) electrons. The standard InChI is InChI=1S/C36H38F4N8O4/c1-6-8-23-12-24(25-14-41-22(5)42-15-25)13-26-31(21(4)49)46-48(32(23)26)17-30(51)47-16-27(35(37,19-47)18-43-29(50)9-7-2)34(52)45-33-20(3)10-11-28(44-33)36(38,39)40/h6,10-15,27H,1,7-9,16-19H2,2-5H3,(H,43,50)(H,44,45,52)/t27-,35+/m1/s1. The quantitative estimate of drug-likeness (QED) is 0.115. The number of hydrogen-bond donors (Lipinski definition) is 2. The first-order chi connectivity index (χ1) is 24.5. The molecule has 1 fully saturated rings. The van der Waals surface area contributed by atoms with Crippen LogP contribution in [-0.4, -0.2) is 78.4 Å². The number of pyridine rings is 1. The molecule has 0 saturated carbocycles. The number of rotatable bonds is 12. The molecule has 3 amide bonds. The molecule has 16 heteroatoms. The fourth-order valence-corrected chi connectivity index (χ4v) is 6.17. The smallest absolute Gasteiger partial charge is 0.353 e. The molecule has 0 spiro atoms. The second kappa shape index (κ2) is 15.0. The number of allylic oxidation sites excluding steroid dienone is 1. The lowest BCUT2D eigenvalue weighted by atomic mass is 9.91. The third kappa shape index (κ3) is 8.00. The number of Topliss-reactive ketones (excluding diaryl/α,β-unsaturated/α-hetero) is 1. The number of aromatic nitrogens is 5. The summed E-state index contributed by atoms with van der Waals surface area (Å²) in [5.41, 5.74) is -0.861. The molecular formula is C36H38F4N8O4. The molecule has 12 nitrogen and oxygen atoms in total. The zero-order valence-electron chi connectivity index (χ0n) is 29.1. The van der Waals surface area contributed by atoms with E-state index in [1.165, 1.54) is 18.5 Å². The van der Waals surface area contributed by atoms with Crippen molar-refractivity contribution < 1.29 is 36.7 Å². The lowest BCUT2D eigenvalue weighted by Gasteiger charge is -2.26. The van der Waals surface area contributed by atoms with Gasteiger partial charge in [0.2, 0.25) is 17.7 Å². The van der Waals surface area contributed by atoms with Gasteiger partial charge in [0.15, 0.2) is 11.5 Å². The number of halogens is 4. The Morgan fingerprint density at radius 2 is 1.81 bits per heavy atom. The molecule has 5 rings (SSSR count). The summed E-state index contributed by atoms with van der Waals surface area (Å²) in [7, 11) is 0. The van der Waals surface area contributed by atoms with E-state index in [1.807, 2.05) is 6.07 Å². The predicted octanol–water partition coefficient (Wildman–Crippen LogP) is 5.18. The van der Waals surface area contributed by atoms with Crippen molar-refractivity contribution in [2.24, 2.45) is 5.92 Å². The van der Waals surface area contributed by atoms with Crippen molar-refractivity contribution in [3.8, 4) is 11.1 Å². The van der Waals surface area contributed by atoms with Crippen molar-refractivity contribution in [1.29, 1.82) is 0 Å². The summed E-state index contributed by atoms with van der Waals surface area (Å²) in [6.45, 7) is 7.99. The number of ketones is 1. The van der Waals surface area contributed by atoms with Gasteiger partial charge in [-0.2, -0.15) is 18.3 Å². The van der Waals surface area contributed by atoms with E-state index in [-0.39, 0.29) is 23.5 Å². The summed E-state index contributed by atoms with van der Waals surface area (Å²) >= 11 is 0. The van der Waals surface area contributed by atoms with Crippen LogP contribution in [0.4, 0.5) is 23.4 Å². The van der Waals surface area contributed by atoms with E-state index in [1.54, 1.807) is 38.4 Å². The van der Waals surface area contributed by atoms with E-state index in [0.29, 0.717) is 46.3 Å². The lowest BCUT2D eigenvalue weighted by Crippen LogP contribution is -2.49. The molecule has 1 saturated heterocycles. The van der Waals surface area contributed by atoms with Crippen molar-refractivity contribution in [3.05, 3.63) is 77.7 Å². The Hall–Kier alpha value is -5.54. The first-order valence-electron chi connectivity index (χ1n) is 16.6. The topological polar surface area (TPSA) is 152 Å². The van der Waals surface area contributed by atoms with Crippen LogP contribution in [0.1, 0.15) is 59.8 Å². The first-order valence-corrected chi connectivity index (χ1v) is 16.6. The number of carbonyl (C=O) groups excluding carboxylic acids is 4. The highest BCUT2D eigenvalue weighted by atomic mass is 19.4. The van der Waals surface area contributed by atoms with Gasteiger partial charge >= 0.3 is 6.18 Å². The fourth-order valence-electron chi connectivity index (χ4n) is 6.17. The Labute approximate surface area is 296 Å². The number of alkyl halides is 4. The van der Waals surface area contributed by atoms with E-state index >= 15 is 4.39 Å². The molecule has 4 heterocycles. The maximum Gasteiger partial charge on any atom is 0.433 e. The minimum Gasteiger partial charge on any atom is -0.353 e. The van der Waals surface area contributed by atoms with E-state index in [4.69, 9.17) is 0 Å². The molecule has 1 aromatic carbocycles. The Balaban J connectivity index is 1.48. The van der Waals surface area contributed by atoms with E-state index in [2.05, 4.69) is 37.3 Å². The number of nitrogens with zero attached hydrogens (tertiary/aromatic N) is 6. The zero-order valence-corrected chi connectivity index (χ0v) is 29.1. The third-order valence-electron chi connectivity index (χ3n) is 8.86. The monoisotopic (exact) mass is 722 g/mol. The summed E-state index contributed by atoms with van der Waals surface area (Å²) in [5.74, 6) is -3.91. The second-order valence-electron chi connectivity index (χ2n) is 12.8. The average Bonchev–Trinajstić information content (AvgIpc) is 3.63. The molecule has 274 valence electrons. The summed E-state index contributed by atoms with van der Waals surface area (Å²) in [6.07, 6.45) is 1.09. The number of likely N-dealkylation sites (tertiary alicyclic amines) is 1. The van der Waals surface area contributed by atoms with E-state index in [0.717, 1.165) is 17.0 Å². The normalized spacial score (nSPS) is 17.3. The van der Waals surface area contributed by atoms with Crippen molar-refractivity contribution >= 4 is 40.2 Å². The van der Waals surface area contributed by atoms with Gasteiger partial charge in [0.05, 0.1) is 24.5 Å². The minimum absolute atomic E-state index is 0.0967. The Kier molecular flexibility index (Phi) is 10.9. The molecule has 4 aromatic rings. The first kappa shape index (κ1) is 37.7.